The van der Waals surface area contributed by atoms with E-state index in [0.29, 0.717) is 23.1 Å². The summed E-state index contributed by atoms with van der Waals surface area (Å²) < 4.78 is 10.9. The summed E-state index contributed by atoms with van der Waals surface area (Å²) in [5.74, 6) is 1.79. The number of amides is 1. The predicted octanol–water partition coefficient (Wildman–Crippen LogP) is 4.24. The van der Waals surface area contributed by atoms with Gasteiger partial charge in [-0.15, -0.1) is 0 Å². The van der Waals surface area contributed by atoms with Crippen LogP contribution < -0.4 is 10.1 Å². The number of ether oxygens (including phenoxy) is 1. The molecule has 1 aromatic carbocycles. The third-order valence-electron chi connectivity index (χ3n) is 7.94. The van der Waals surface area contributed by atoms with Gasteiger partial charge in [-0.3, -0.25) is 4.79 Å². The lowest BCUT2D eigenvalue weighted by atomic mass is 9.52. The number of likely N-dealkylation sites (tertiary alicyclic amines) is 1. The van der Waals surface area contributed by atoms with Gasteiger partial charge in [0.1, 0.15) is 17.1 Å². The van der Waals surface area contributed by atoms with Crippen LogP contribution in [-0.2, 0) is 11.8 Å². The number of piperidine rings is 1. The molecule has 1 N–H and O–H groups in total. The van der Waals surface area contributed by atoms with Crippen molar-refractivity contribution < 1.29 is 14.1 Å². The van der Waals surface area contributed by atoms with Crippen molar-refractivity contribution in [3.63, 3.8) is 0 Å². The first-order valence-corrected chi connectivity index (χ1v) is 11.1. The highest BCUT2D eigenvalue weighted by atomic mass is 16.5. The van der Waals surface area contributed by atoms with Crippen molar-refractivity contribution in [2.75, 3.05) is 26.0 Å². The number of hydrogen-bond donors (Lipinski definition) is 1. The molecule has 2 bridgehead atoms. The predicted molar refractivity (Wildman–Crippen MR) is 115 cm³/mol. The number of methoxy groups -OCH3 is 1. The van der Waals surface area contributed by atoms with Crippen LogP contribution in [0.25, 0.3) is 0 Å². The average Bonchev–Trinajstić information content (AvgIpc) is 3.08. The Kier molecular flexibility index (Phi) is 4.65. The number of rotatable bonds is 3. The largest absolute Gasteiger partial charge is 0.495 e. The average molecular weight is 410 g/mol. The van der Waals surface area contributed by atoms with Gasteiger partial charge in [-0.1, -0.05) is 18.0 Å². The van der Waals surface area contributed by atoms with E-state index in [0.717, 1.165) is 30.3 Å². The second-order valence-electron chi connectivity index (χ2n) is 9.37. The molecule has 30 heavy (non-hydrogen) atoms. The van der Waals surface area contributed by atoms with E-state index in [1.165, 1.54) is 43.2 Å². The van der Waals surface area contributed by atoms with Crippen LogP contribution in [-0.4, -0.2) is 42.7 Å². The lowest BCUT2D eigenvalue weighted by Gasteiger charge is -2.58. The van der Waals surface area contributed by atoms with Gasteiger partial charge in [-0.25, -0.2) is 0 Å². The highest BCUT2D eigenvalue weighted by Gasteiger charge is 2.53. The zero-order valence-corrected chi connectivity index (χ0v) is 18.4. The SMILES string of the molecule is COc1cc2c(cc1NC(=O)c1c(C)noc1C)C[C@H]1C3CCCC[C@@]23CCN1C. The summed E-state index contributed by atoms with van der Waals surface area (Å²) in [5, 5.41) is 6.98. The van der Waals surface area contributed by atoms with E-state index in [1.807, 2.05) is 0 Å². The maximum Gasteiger partial charge on any atom is 0.261 e. The summed E-state index contributed by atoms with van der Waals surface area (Å²) in [6.45, 7) is 4.71. The normalized spacial score (nSPS) is 27.9. The highest BCUT2D eigenvalue weighted by Crippen LogP contribution is 2.56. The fourth-order valence-corrected chi connectivity index (χ4v) is 6.49. The van der Waals surface area contributed by atoms with Crippen LogP contribution in [0, 0.1) is 19.8 Å². The molecule has 1 amide bonds. The Balaban J connectivity index is 1.56. The van der Waals surface area contributed by atoms with Crippen LogP contribution in [0.4, 0.5) is 5.69 Å². The molecule has 3 atom stereocenters. The number of aromatic nitrogens is 1. The van der Waals surface area contributed by atoms with E-state index in [4.69, 9.17) is 9.26 Å². The number of fused-ring (bicyclic) bond motifs is 1. The summed E-state index contributed by atoms with van der Waals surface area (Å²) in [4.78, 5) is 15.5. The van der Waals surface area contributed by atoms with Crippen molar-refractivity contribution >= 4 is 11.6 Å². The monoisotopic (exact) mass is 409 g/mol. The van der Waals surface area contributed by atoms with Gasteiger partial charge in [-0.05, 0) is 82.3 Å². The van der Waals surface area contributed by atoms with E-state index in [-0.39, 0.29) is 11.3 Å². The van der Waals surface area contributed by atoms with Crippen LogP contribution in [0.15, 0.2) is 16.7 Å². The number of nitrogens with zero attached hydrogens (tertiary/aromatic N) is 2. The van der Waals surface area contributed by atoms with Crippen molar-refractivity contribution in [3.8, 4) is 5.75 Å². The highest BCUT2D eigenvalue weighted by molar-refractivity contribution is 6.06. The van der Waals surface area contributed by atoms with Crippen molar-refractivity contribution in [3.05, 3.63) is 40.3 Å². The summed E-state index contributed by atoms with van der Waals surface area (Å²) >= 11 is 0. The summed E-state index contributed by atoms with van der Waals surface area (Å²) in [6, 6.07) is 4.97. The topological polar surface area (TPSA) is 67.6 Å². The van der Waals surface area contributed by atoms with Crippen molar-refractivity contribution in [2.45, 2.75) is 63.8 Å². The molecule has 160 valence electrons. The third-order valence-corrected chi connectivity index (χ3v) is 7.94. The maximum absolute atomic E-state index is 13.0. The zero-order valence-electron chi connectivity index (χ0n) is 18.4. The van der Waals surface area contributed by atoms with Gasteiger partial charge in [0.25, 0.3) is 5.91 Å². The molecular weight excluding hydrogens is 378 g/mol. The molecule has 2 fully saturated rings. The van der Waals surface area contributed by atoms with Crippen LogP contribution >= 0.6 is 0 Å². The van der Waals surface area contributed by atoms with Gasteiger partial charge in [0, 0.05) is 11.5 Å². The third kappa shape index (κ3) is 2.80. The van der Waals surface area contributed by atoms with Gasteiger partial charge in [0.2, 0.25) is 0 Å². The molecule has 6 nitrogen and oxygen atoms in total. The molecule has 2 heterocycles. The minimum absolute atomic E-state index is 0.202. The van der Waals surface area contributed by atoms with E-state index in [9.17, 15) is 4.79 Å². The Hall–Kier alpha value is -2.34. The van der Waals surface area contributed by atoms with Crippen molar-refractivity contribution in [2.24, 2.45) is 5.92 Å². The summed E-state index contributed by atoms with van der Waals surface area (Å²) in [7, 11) is 3.96. The molecule has 1 saturated heterocycles. The molecule has 1 aromatic heterocycles. The van der Waals surface area contributed by atoms with Crippen LogP contribution in [0.2, 0.25) is 0 Å². The number of likely N-dealkylation sites (N-methyl/N-ethyl adjacent to an activating group) is 1. The Morgan fingerprint density at radius 1 is 1.30 bits per heavy atom. The number of benzene rings is 1. The second-order valence-corrected chi connectivity index (χ2v) is 9.37. The fraction of sp³-hybridized carbons (Fsp3) is 0.583. The number of carbonyl (C=O) groups excluding carboxylic acids is 1. The first-order chi connectivity index (χ1) is 14.4. The molecule has 0 radical (unpaired) electrons. The van der Waals surface area contributed by atoms with Gasteiger partial charge in [0.05, 0.1) is 18.5 Å². The summed E-state index contributed by atoms with van der Waals surface area (Å²) in [6.07, 6.45) is 7.49. The quantitative estimate of drug-likeness (QED) is 0.821. The van der Waals surface area contributed by atoms with E-state index in [1.54, 1.807) is 21.0 Å². The minimum atomic E-state index is -0.202. The molecule has 5 rings (SSSR count). The molecule has 1 aliphatic heterocycles. The molecule has 2 aromatic rings. The Labute approximate surface area is 177 Å². The van der Waals surface area contributed by atoms with E-state index < -0.39 is 0 Å². The first-order valence-electron chi connectivity index (χ1n) is 11.1. The van der Waals surface area contributed by atoms with Gasteiger partial charge in [-0.2, -0.15) is 0 Å². The van der Waals surface area contributed by atoms with Crippen LogP contribution in [0.1, 0.15) is 65.0 Å². The molecule has 0 spiro atoms. The summed E-state index contributed by atoms with van der Waals surface area (Å²) in [5.41, 5.74) is 4.91. The second kappa shape index (κ2) is 7.12. The van der Waals surface area contributed by atoms with Crippen LogP contribution in [0.3, 0.4) is 0 Å². The van der Waals surface area contributed by atoms with E-state index in [2.05, 4.69) is 34.6 Å². The molecule has 1 unspecified atom stereocenters. The standard InChI is InChI=1S/C24H31N3O3/c1-14-22(15(2)30-26-14)23(28)25-19-11-16-12-20-17-7-5-6-8-24(17,9-10-27(20)3)18(16)13-21(19)29-4/h11,13,17,20H,5-10,12H2,1-4H3,(H,25,28)/t17?,20-,24-/m0/s1. The van der Waals surface area contributed by atoms with Crippen molar-refractivity contribution in [1.29, 1.82) is 0 Å². The Morgan fingerprint density at radius 2 is 2.13 bits per heavy atom. The lowest BCUT2D eigenvalue weighted by molar-refractivity contribution is 0.00277. The molecule has 3 aliphatic rings. The van der Waals surface area contributed by atoms with Crippen molar-refractivity contribution in [1.82, 2.24) is 10.1 Å². The molecule has 6 heteroatoms. The number of aryl methyl sites for hydroxylation is 2. The van der Waals surface area contributed by atoms with Crippen LogP contribution in [0.5, 0.6) is 5.75 Å². The number of hydrogen-bond acceptors (Lipinski definition) is 5. The van der Waals surface area contributed by atoms with Gasteiger partial charge >= 0.3 is 0 Å². The Morgan fingerprint density at radius 3 is 2.87 bits per heavy atom. The fourth-order valence-electron chi connectivity index (χ4n) is 6.49. The van der Waals surface area contributed by atoms with E-state index >= 15 is 0 Å². The van der Waals surface area contributed by atoms with Gasteiger partial charge in [0.15, 0.2) is 0 Å². The number of nitrogens with one attached hydrogen (secondary N) is 1. The molecular formula is C24H31N3O3. The first kappa shape index (κ1) is 19.6. The number of carbonyl (C=O) groups is 1. The zero-order chi connectivity index (χ0) is 21.0. The minimum Gasteiger partial charge on any atom is -0.495 e. The smallest absolute Gasteiger partial charge is 0.261 e. The number of anilines is 1. The molecule has 1 saturated carbocycles. The van der Waals surface area contributed by atoms with Gasteiger partial charge < -0.3 is 19.5 Å². The maximum atomic E-state index is 13.0. The molecule has 2 aliphatic carbocycles. The Bertz CT molecular complexity index is 978. The lowest BCUT2D eigenvalue weighted by Crippen LogP contribution is -2.59.